The van der Waals surface area contributed by atoms with Crippen molar-refractivity contribution in [3.8, 4) is 33.4 Å². The molecular formula is C81H76BN3O2. The summed E-state index contributed by atoms with van der Waals surface area (Å²) in [6.07, 6.45) is 0. The molecule has 12 aromatic rings. The van der Waals surface area contributed by atoms with Crippen LogP contribution in [0.3, 0.4) is 0 Å². The fraction of sp³-hybridized carbons (Fsp3) is 0.235. The van der Waals surface area contributed by atoms with E-state index in [4.69, 9.17) is 8.83 Å². The molecule has 15 rings (SSSR count). The molecule has 0 unspecified atom stereocenters. The number of nitrogens with zero attached hydrogens (tertiary/aromatic N) is 3. The van der Waals surface area contributed by atoms with E-state index >= 15 is 0 Å². The minimum Gasteiger partial charge on any atom is -0.466 e. The van der Waals surface area contributed by atoms with Gasteiger partial charge in [-0.2, -0.15) is 0 Å². The quantitative estimate of drug-likeness (QED) is 0.155. The lowest BCUT2D eigenvalue weighted by Gasteiger charge is -2.44. The molecule has 0 spiro atoms. The SMILES string of the molecule is CC(C)(C)c1ccc(N2B3c4oc5ccc(-c6ccccc6)cc5c4N(c4ccc(C(C)(C)C)cc4)c4cc5c(oc6ccccc65)c(c43)-c3cc4c(cc32)C(C)(C)c2ccc(N(c3ccc(C(C)(C)C)cc3)c3ccc(C(C)(C)C)cc3)cc2-4)cc1. The second kappa shape index (κ2) is 19.0. The van der Waals surface area contributed by atoms with Gasteiger partial charge in [0.2, 0.25) is 0 Å². The van der Waals surface area contributed by atoms with Crippen LogP contribution in [0.1, 0.15) is 130 Å². The first-order valence-electron chi connectivity index (χ1n) is 31.2. The second-order valence-corrected chi connectivity index (χ2v) is 29.5. The normalized spacial score (nSPS) is 14.3. The van der Waals surface area contributed by atoms with Crippen molar-refractivity contribution in [2.75, 3.05) is 14.6 Å². The molecule has 5 nitrogen and oxygen atoms in total. The number of furan rings is 2. The Morgan fingerprint density at radius 1 is 0.402 bits per heavy atom. The topological polar surface area (TPSA) is 36.0 Å². The lowest BCUT2D eigenvalue weighted by Crippen LogP contribution is -2.61. The Balaban J connectivity index is 1.03. The van der Waals surface area contributed by atoms with Gasteiger partial charge in [-0.25, -0.2) is 0 Å². The zero-order chi connectivity index (χ0) is 60.4. The smallest absolute Gasteiger partial charge is 0.376 e. The van der Waals surface area contributed by atoms with Crippen LogP contribution in [0.15, 0.2) is 215 Å². The summed E-state index contributed by atoms with van der Waals surface area (Å²) < 4.78 is 14.9. The van der Waals surface area contributed by atoms with Crippen molar-refractivity contribution in [3.63, 3.8) is 0 Å². The Labute approximate surface area is 514 Å². The van der Waals surface area contributed by atoms with Gasteiger partial charge in [0.15, 0.2) is 0 Å². The highest BCUT2D eigenvalue weighted by molar-refractivity contribution is 6.93. The molecule has 430 valence electrons. The van der Waals surface area contributed by atoms with Gasteiger partial charge in [-0.15, -0.1) is 0 Å². The number of para-hydroxylation sites is 1. The van der Waals surface area contributed by atoms with E-state index in [1.165, 1.54) is 44.5 Å². The van der Waals surface area contributed by atoms with Gasteiger partial charge < -0.3 is 23.4 Å². The number of fused-ring (bicyclic) bond motifs is 13. The van der Waals surface area contributed by atoms with E-state index in [0.29, 0.717) is 0 Å². The van der Waals surface area contributed by atoms with E-state index in [-0.39, 0.29) is 27.1 Å². The summed E-state index contributed by atoms with van der Waals surface area (Å²) in [6, 6.07) is 77.8. The van der Waals surface area contributed by atoms with Crippen LogP contribution in [0, 0.1) is 0 Å². The standard InChI is InChI=1S/C81H76BN3O2/c1-77(2,3)51-25-33-55(34-26-51)83(56-35-27-52(28-36-56)78(4,5)6)59-41-42-66-61(45-59)62-46-64-68(48-67(62)81(66,13)14)85(58-39-31-54(32-40-58)80(10,11)12)82-73-69(47-63-60-22-18-19-23-70(60)86-75(63)72(64)73)84(57-37-29-53(30-38-57)79(7,8)9)74-65-44-50(49-20-16-15-17-21-49)24-43-71(65)87-76(74)82/h15-48H,1-14H3. The molecule has 0 saturated carbocycles. The van der Waals surface area contributed by atoms with Crippen LogP contribution >= 0.6 is 0 Å². The minimum atomic E-state index is -0.396. The van der Waals surface area contributed by atoms with Crippen LogP contribution in [0.2, 0.25) is 0 Å². The van der Waals surface area contributed by atoms with Crippen molar-refractivity contribution in [3.05, 3.63) is 240 Å². The molecule has 0 radical (unpaired) electrons. The Kier molecular flexibility index (Phi) is 11.9. The monoisotopic (exact) mass is 1130 g/mol. The minimum absolute atomic E-state index is 0.0219. The average molecular weight is 1130 g/mol. The largest absolute Gasteiger partial charge is 0.466 e. The van der Waals surface area contributed by atoms with Crippen LogP contribution in [-0.4, -0.2) is 6.85 Å². The van der Waals surface area contributed by atoms with Crippen molar-refractivity contribution in [2.45, 2.75) is 124 Å². The second-order valence-electron chi connectivity index (χ2n) is 29.5. The molecule has 2 aromatic heterocycles. The number of benzene rings is 10. The number of anilines is 8. The molecule has 1 aliphatic carbocycles. The van der Waals surface area contributed by atoms with Crippen LogP contribution in [-0.2, 0) is 27.1 Å². The van der Waals surface area contributed by atoms with Crippen LogP contribution in [0.4, 0.5) is 45.5 Å². The summed E-state index contributed by atoms with van der Waals surface area (Å²) in [7, 11) is 0. The molecule has 4 heterocycles. The molecule has 0 N–H and O–H groups in total. The Morgan fingerprint density at radius 2 is 0.931 bits per heavy atom. The van der Waals surface area contributed by atoms with Crippen molar-refractivity contribution in [2.24, 2.45) is 0 Å². The van der Waals surface area contributed by atoms with E-state index in [1.54, 1.807) is 0 Å². The Morgan fingerprint density at radius 3 is 1.53 bits per heavy atom. The highest BCUT2D eigenvalue weighted by atomic mass is 16.3. The molecule has 2 aliphatic heterocycles. The van der Waals surface area contributed by atoms with E-state index in [9.17, 15) is 0 Å². The van der Waals surface area contributed by atoms with Crippen molar-refractivity contribution in [1.82, 2.24) is 0 Å². The maximum absolute atomic E-state index is 7.60. The van der Waals surface area contributed by atoms with Gasteiger partial charge in [0.25, 0.3) is 0 Å². The van der Waals surface area contributed by atoms with Crippen molar-refractivity contribution >= 4 is 96.4 Å². The molecule has 0 atom stereocenters. The third kappa shape index (κ3) is 8.63. The first kappa shape index (κ1) is 54.6. The third-order valence-electron chi connectivity index (χ3n) is 19.3. The van der Waals surface area contributed by atoms with Gasteiger partial charge >= 0.3 is 6.85 Å². The molecule has 10 aromatic carbocycles. The first-order chi connectivity index (χ1) is 41.4. The number of hydrogen-bond acceptors (Lipinski definition) is 5. The zero-order valence-electron chi connectivity index (χ0n) is 52.9. The predicted molar refractivity (Wildman–Crippen MR) is 370 cm³/mol. The van der Waals surface area contributed by atoms with Crippen LogP contribution in [0.5, 0.6) is 0 Å². The van der Waals surface area contributed by atoms with Gasteiger partial charge in [0.05, 0.1) is 5.69 Å². The molecule has 0 saturated heterocycles. The summed E-state index contributed by atoms with van der Waals surface area (Å²) in [5, 5.41) is 3.24. The molecule has 0 fully saturated rings. The molecule has 87 heavy (non-hydrogen) atoms. The summed E-state index contributed by atoms with van der Waals surface area (Å²) in [6.45, 7) is 31.9. The summed E-state index contributed by atoms with van der Waals surface area (Å²) >= 11 is 0. The van der Waals surface area contributed by atoms with Gasteiger partial charge in [-0.1, -0.05) is 206 Å². The van der Waals surface area contributed by atoms with Gasteiger partial charge in [-0.05, 0) is 180 Å². The molecule has 6 heteroatoms. The fourth-order valence-corrected chi connectivity index (χ4v) is 14.3. The molecular weight excluding hydrogens is 1060 g/mol. The van der Waals surface area contributed by atoms with E-state index < -0.39 is 6.85 Å². The van der Waals surface area contributed by atoms with E-state index in [0.717, 1.165) is 112 Å². The predicted octanol–water partition coefficient (Wildman–Crippen LogP) is 21.7. The maximum atomic E-state index is 7.60. The van der Waals surface area contributed by atoms with Gasteiger partial charge in [0.1, 0.15) is 22.4 Å². The molecule has 0 amide bonds. The molecule has 3 aliphatic rings. The highest BCUT2D eigenvalue weighted by Gasteiger charge is 2.51. The average Bonchev–Trinajstić information content (AvgIpc) is 1.64. The Bertz CT molecular complexity index is 4670. The molecule has 0 bridgehead atoms. The van der Waals surface area contributed by atoms with Gasteiger partial charge in [0, 0.05) is 72.5 Å². The van der Waals surface area contributed by atoms with Crippen molar-refractivity contribution < 1.29 is 8.83 Å². The van der Waals surface area contributed by atoms with Crippen LogP contribution in [0.25, 0.3) is 66.3 Å². The van der Waals surface area contributed by atoms with Crippen LogP contribution < -0.4 is 25.7 Å². The number of rotatable bonds is 6. The lowest BCUT2D eigenvalue weighted by atomic mass is 9.45. The van der Waals surface area contributed by atoms with Crippen molar-refractivity contribution in [1.29, 1.82) is 0 Å². The highest BCUT2D eigenvalue weighted by Crippen LogP contribution is 2.58. The van der Waals surface area contributed by atoms with E-state index in [2.05, 4.69) is 318 Å². The van der Waals surface area contributed by atoms with Gasteiger partial charge in [-0.3, -0.25) is 0 Å². The first-order valence-corrected chi connectivity index (χ1v) is 31.2. The summed E-state index contributed by atoms with van der Waals surface area (Å²) in [5.41, 5.74) is 27.8. The lowest BCUT2D eigenvalue weighted by molar-refractivity contribution is 0.590. The maximum Gasteiger partial charge on any atom is 0.376 e. The van der Waals surface area contributed by atoms with E-state index in [1.807, 2.05) is 0 Å². The Hall–Kier alpha value is -9.00. The summed E-state index contributed by atoms with van der Waals surface area (Å²) in [4.78, 5) is 7.56. The zero-order valence-corrected chi connectivity index (χ0v) is 52.9. The number of hydrogen-bond donors (Lipinski definition) is 0. The summed E-state index contributed by atoms with van der Waals surface area (Å²) in [5.74, 6) is 0. The fourth-order valence-electron chi connectivity index (χ4n) is 14.3. The third-order valence-corrected chi connectivity index (χ3v) is 19.3.